The first-order valence-corrected chi connectivity index (χ1v) is 7.81. The molecule has 23 heavy (non-hydrogen) atoms. The van der Waals surface area contributed by atoms with Gasteiger partial charge in [-0.05, 0) is 17.0 Å². The van der Waals surface area contributed by atoms with E-state index in [1.165, 1.54) is 17.5 Å². The number of rotatable bonds is 4. The third-order valence-corrected chi connectivity index (χ3v) is 3.99. The summed E-state index contributed by atoms with van der Waals surface area (Å²) >= 11 is 1.30. The van der Waals surface area contributed by atoms with Crippen molar-refractivity contribution in [3.8, 4) is 0 Å². The zero-order valence-electron chi connectivity index (χ0n) is 12.1. The minimum Gasteiger partial charge on any atom is -0.268 e. The van der Waals surface area contributed by atoms with Crippen LogP contribution in [0.3, 0.4) is 0 Å². The molecular weight excluding hydrogens is 312 g/mol. The van der Waals surface area contributed by atoms with Crippen molar-refractivity contribution in [1.29, 1.82) is 0 Å². The van der Waals surface area contributed by atoms with E-state index in [0.717, 1.165) is 5.56 Å². The Labute approximate surface area is 136 Å². The van der Waals surface area contributed by atoms with Crippen molar-refractivity contribution in [2.75, 3.05) is 0 Å². The molecule has 0 saturated heterocycles. The summed E-state index contributed by atoms with van der Waals surface area (Å²) in [6.07, 6.45) is 3.11. The van der Waals surface area contributed by atoms with Gasteiger partial charge < -0.3 is 0 Å². The number of aromatic nitrogens is 2. The molecule has 2 heterocycles. The molecule has 2 amide bonds. The van der Waals surface area contributed by atoms with E-state index in [-0.39, 0.29) is 5.91 Å². The van der Waals surface area contributed by atoms with Gasteiger partial charge in [0.2, 0.25) is 0 Å². The molecule has 0 bridgehead atoms. The summed E-state index contributed by atoms with van der Waals surface area (Å²) < 4.78 is 1.67. The van der Waals surface area contributed by atoms with E-state index in [1.54, 1.807) is 28.4 Å². The topological polar surface area (TPSA) is 76.0 Å². The third kappa shape index (κ3) is 3.83. The van der Waals surface area contributed by atoms with E-state index in [9.17, 15) is 9.59 Å². The van der Waals surface area contributed by atoms with E-state index < -0.39 is 5.91 Å². The third-order valence-electron chi connectivity index (χ3n) is 3.12. The lowest BCUT2D eigenvalue weighted by Gasteiger charge is -2.04. The molecule has 7 heteroatoms. The van der Waals surface area contributed by atoms with Crippen LogP contribution >= 0.6 is 11.3 Å². The van der Waals surface area contributed by atoms with Crippen LogP contribution in [-0.4, -0.2) is 21.6 Å². The maximum absolute atomic E-state index is 12.0. The van der Waals surface area contributed by atoms with Gasteiger partial charge >= 0.3 is 0 Å². The van der Waals surface area contributed by atoms with Gasteiger partial charge in [-0.1, -0.05) is 36.4 Å². The molecule has 6 nitrogen and oxygen atoms in total. The highest BCUT2D eigenvalue weighted by Crippen LogP contribution is 2.07. The van der Waals surface area contributed by atoms with Gasteiger partial charge in [-0.25, -0.2) is 0 Å². The Kier molecular flexibility index (Phi) is 4.49. The van der Waals surface area contributed by atoms with E-state index in [4.69, 9.17) is 0 Å². The van der Waals surface area contributed by atoms with Crippen molar-refractivity contribution in [3.05, 3.63) is 76.2 Å². The Morgan fingerprint density at radius 3 is 2.57 bits per heavy atom. The van der Waals surface area contributed by atoms with Crippen LogP contribution in [0.15, 0.2) is 60.2 Å². The molecule has 1 aromatic carbocycles. The summed E-state index contributed by atoms with van der Waals surface area (Å²) in [5.74, 6) is -0.751. The SMILES string of the molecule is O=C(NNC(=O)c1cccs1)c1cnn(Cc2ccccc2)c1. The summed E-state index contributed by atoms with van der Waals surface area (Å²) in [5, 5.41) is 5.95. The standard InChI is InChI=1S/C16H14N4O2S/c21-15(18-19-16(22)14-7-4-8-23-14)13-9-17-20(11-13)10-12-5-2-1-3-6-12/h1-9,11H,10H2,(H,18,21)(H,19,22). The van der Waals surface area contributed by atoms with Gasteiger partial charge in [-0.3, -0.25) is 25.1 Å². The maximum Gasteiger partial charge on any atom is 0.279 e. The van der Waals surface area contributed by atoms with Crippen LogP contribution in [0.2, 0.25) is 0 Å². The van der Waals surface area contributed by atoms with Crippen molar-refractivity contribution >= 4 is 23.2 Å². The molecule has 0 fully saturated rings. The Morgan fingerprint density at radius 2 is 1.83 bits per heavy atom. The number of hydrazine groups is 1. The molecule has 0 spiro atoms. The molecule has 3 rings (SSSR count). The summed E-state index contributed by atoms with van der Waals surface area (Å²) in [7, 11) is 0. The van der Waals surface area contributed by atoms with E-state index >= 15 is 0 Å². The van der Waals surface area contributed by atoms with Crippen molar-refractivity contribution in [1.82, 2.24) is 20.6 Å². The van der Waals surface area contributed by atoms with Crippen LogP contribution in [0.1, 0.15) is 25.6 Å². The highest BCUT2D eigenvalue weighted by Gasteiger charge is 2.11. The Bertz CT molecular complexity index is 797. The quantitative estimate of drug-likeness (QED) is 0.721. The number of hydrogen-bond donors (Lipinski definition) is 2. The first kappa shape index (κ1) is 15.0. The van der Waals surface area contributed by atoms with Crippen molar-refractivity contribution in [2.45, 2.75) is 6.54 Å². The second-order valence-corrected chi connectivity index (χ2v) is 5.75. The molecule has 0 atom stereocenters. The van der Waals surface area contributed by atoms with E-state index in [2.05, 4.69) is 16.0 Å². The molecule has 3 aromatic rings. The lowest BCUT2D eigenvalue weighted by atomic mass is 10.2. The molecular formula is C16H14N4O2S. The maximum atomic E-state index is 12.0. The van der Waals surface area contributed by atoms with Crippen LogP contribution in [0, 0.1) is 0 Å². The molecule has 0 aliphatic heterocycles. The van der Waals surface area contributed by atoms with Crippen molar-refractivity contribution in [2.24, 2.45) is 0 Å². The number of amides is 2. The predicted molar refractivity (Wildman–Crippen MR) is 87.0 cm³/mol. The number of carbonyl (C=O) groups excluding carboxylic acids is 2. The fourth-order valence-corrected chi connectivity index (χ4v) is 2.61. The summed E-state index contributed by atoms with van der Waals surface area (Å²) in [6, 6.07) is 13.3. The Hall–Kier alpha value is -2.93. The number of thiophene rings is 1. The fraction of sp³-hybridized carbons (Fsp3) is 0.0625. The predicted octanol–water partition coefficient (Wildman–Crippen LogP) is 2.07. The summed E-state index contributed by atoms with van der Waals surface area (Å²) in [5.41, 5.74) is 6.23. The van der Waals surface area contributed by atoms with Crippen molar-refractivity contribution < 1.29 is 9.59 Å². The van der Waals surface area contributed by atoms with Crippen LogP contribution < -0.4 is 10.9 Å². The number of carbonyl (C=O) groups is 2. The summed E-state index contributed by atoms with van der Waals surface area (Å²) in [4.78, 5) is 24.3. The van der Waals surface area contributed by atoms with Crippen LogP contribution in [0.5, 0.6) is 0 Å². The van der Waals surface area contributed by atoms with Gasteiger partial charge in [0.1, 0.15) is 0 Å². The number of benzene rings is 1. The molecule has 0 aliphatic carbocycles. The average Bonchev–Trinajstić information content (AvgIpc) is 3.25. The number of nitrogens with zero attached hydrogens (tertiary/aromatic N) is 2. The lowest BCUT2D eigenvalue weighted by Crippen LogP contribution is -2.41. The largest absolute Gasteiger partial charge is 0.279 e. The minimum atomic E-state index is -0.408. The molecule has 0 unspecified atom stereocenters. The lowest BCUT2D eigenvalue weighted by molar-refractivity contribution is 0.0849. The number of hydrogen-bond acceptors (Lipinski definition) is 4. The highest BCUT2D eigenvalue weighted by molar-refractivity contribution is 7.12. The number of nitrogens with one attached hydrogen (secondary N) is 2. The highest BCUT2D eigenvalue weighted by atomic mass is 32.1. The second kappa shape index (κ2) is 6.89. The van der Waals surface area contributed by atoms with E-state index in [1.807, 2.05) is 30.3 Å². The first-order chi connectivity index (χ1) is 11.2. The van der Waals surface area contributed by atoms with Crippen LogP contribution in [-0.2, 0) is 6.54 Å². The van der Waals surface area contributed by atoms with Gasteiger partial charge in [0.25, 0.3) is 11.8 Å². The second-order valence-electron chi connectivity index (χ2n) is 4.80. The van der Waals surface area contributed by atoms with Gasteiger partial charge in [-0.15, -0.1) is 11.3 Å². The molecule has 0 saturated carbocycles. The van der Waals surface area contributed by atoms with Gasteiger partial charge in [-0.2, -0.15) is 5.10 Å². The van der Waals surface area contributed by atoms with Crippen molar-refractivity contribution in [3.63, 3.8) is 0 Å². The molecule has 0 radical (unpaired) electrons. The Balaban J connectivity index is 1.57. The normalized spacial score (nSPS) is 10.3. The summed E-state index contributed by atoms with van der Waals surface area (Å²) in [6.45, 7) is 0.579. The van der Waals surface area contributed by atoms with Crippen LogP contribution in [0.4, 0.5) is 0 Å². The molecule has 116 valence electrons. The van der Waals surface area contributed by atoms with Crippen LogP contribution in [0.25, 0.3) is 0 Å². The van der Waals surface area contributed by atoms with Gasteiger partial charge in [0.15, 0.2) is 0 Å². The fourth-order valence-electron chi connectivity index (χ4n) is 1.99. The molecule has 2 aromatic heterocycles. The Morgan fingerprint density at radius 1 is 1.04 bits per heavy atom. The van der Waals surface area contributed by atoms with Gasteiger partial charge in [0.05, 0.1) is 23.2 Å². The average molecular weight is 326 g/mol. The molecule has 2 N–H and O–H groups in total. The zero-order chi connectivity index (χ0) is 16.1. The molecule has 0 aliphatic rings. The monoisotopic (exact) mass is 326 g/mol. The van der Waals surface area contributed by atoms with Gasteiger partial charge in [0, 0.05) is 6.20 Å². The van der Waals surface area contributed by atoms with E-state index in [0.29, 0.717) is 17.0 Å². The minimum absolute atomic E-state index is 0.343. The smallest absolute Gasteiger partial charge is 0.268 e. The zero-order valence-corrected chi connectivity index (χ0v) is 12.9. The first-order valence-electron chi connectivity index (χ1n) is 6.93.